The van der Waals surface area contributed by atoms with Crippen molar-refractivity contribution in [1.29, 1.82) is 0 Å². The molecule has 1 aliphatic heterocycles. The molecule has 14 heavy (non-hydrogen) atoms. The Bertz CT molecular complexity index is 141. The van der Waals surface area contributed by atoms with Gasteiger partial charge in [0.1, 0.15) is 0 Å². The molecule has 1 saturated heterocycles. The molecule has 3 atom stereocenters. The van der Waals surface area contributed by atoms with Crippen LogP contribution in [0.2, 0.25) is 0 Å². The van der Waals surface area contributed by atoms with Crippen molar-refractivity contribution < 1.29 is 9.84 Å². The van der Waals surface area contributed by atoms with Crippen LogP contribution in [0.3, 0.4) is 0 Å². The zero-order valence-electron chi connectivity index (χ0n) is 9.54. The van der Waals surface area contributed by atoms with E-state index in [9.17, 15) is 5.11 Å². The molecule has 0 spiro atoms. The average Bonchev–Trinajstić information content (AvgIpc) is 2.56. The summed E-state index contributed by atoms with van der Waals surface area (Å²) in [6, 6.07) is 0. The van der Waals surface area contributed by atoms with Gasteiger partial charge in [0, 0.05) is 13.2 Å². The predicted octanol–water partition coefficient (Wildman–Crippen LogP) is 2.60. The quantitative estimate of drug-likeness (QED) is 0.714. The number of ether oxygens (including phenoxy) is 1. The Morgan fingerprint density at radius 3 is 2.86 bits per heavy atom. The van der Waals surface area contributed by atoms with Crippen LogP contribution in [0.25, 0.3) is 0 Å². The lowest BCUT2D eigenvalue weighted by atomic mass is 9.92. The molecule has 1 rings (SSSR count). The molecule has 0 aromatic rings. The van der Waals surface area contributed by atoms with Gasteiger partial charge in [-0.15, -0.1) is 0 Å². The van der Waals surface area contributed by atoms with Crippen LogP contribution < -0.4 is 0 Å². The standard InChI is InChI=1S/C12H24O2/c1-3-4-10(2)7-12(13)8-11-5-6-14-9-11/h10-13H,3-9H2,1-2H3. The van der Waals surface area contributed by atoms with Crippen molar-refractivity contribution >= 4 is 0 Å². The van der Waals surface area contributed by atoms with E-state index in [1.54, 1.807) is 0 Å². The predicted molar refractivity (Wildman–Crippen MR) is 58.2 cm³/mol. The van der Waals surface area contributed by atoms with Crippen molar-refractivity contribution in [1.82, 2.24) is 0 Å². The minimum Gasteiger partial charge on any atom is -0.393 e. The van der Waals surface area contributed by atoms with Crippen molar-refractivity contribution in [2.45, 2.75) is 52.1 Å². The number of aliphatic hydroxyl groups is 1. The normalized spacial score (nSPS) is 26.4. The Balaban J connectivity index is 2.10. The largest absolute Gasteiger partial charge is 0.393 e. The fraction of sp³-hybridized carbons (Fsp3) is 1.00. The highest BCUT2D eigenvalue weighted by Gasteiger charge is 2.20. The van der Waals surface area contributed by atoms with Crippen LogP contribution in [-0.2, 0) is 4.74 Å². The summed E-state index contributed by atoms with van der Waals surface area (Å²) in [5, 5.41) is 9.85. The van der Waals surface area contributed by atoms with Crippen molar-refractivity contribution in [3.8, 4) is 0 Å². The van der Waals surface area contributed by atoms with E-state index in [1.165, 1.54) is 12.8 Å². The Morgan fingerprint density at radius 1 is 1.50 bits per heavy atom. The molecular formula is C12H24O2. The van der Waals surface area contributed by atoms with Crippen LogP contribution in [0.1, 0.15) is 46.0 Å². The van der Waals surface area contributed by atoms with Gasteiger partial charge in [0.2, 0.25) is 0 Å². The molecule has 1 fully saturated rings. The Kier molecular flexibility index (Phi) is 5.49. The van der Waals surface area contributed by atoms with Gasteiger partial charge in [0.15, 0.2) is 0 Å². The molecule has 1 heterocycles. The van der Waals surface area contributed by atoms with E-state index in [2.05, 4.69) is 13.8 Å². The van der Waals surface area contributed by atoms with E-state index in [-0.39, 0.29) is 6.10 Å². The second-order valence-corrected chi connectivity index (χ2v) is 4.75. The first-order valence-corrected chi connectivity index (χ1v) is 5.98. The first-order valence-electron chi connectivity index (χ1n) is 5.98. The lowest BCUT2D eigenvalue weighted by Crippen LogP contribution is -2.16. The number of aliphatic hydroxyl groups excluding tert-OH is 1. The number of rotatable bonds is 6. The smallest absolute Gasteiger partial charge is 0.0546 e. The van der Waals surface area contributed by atoms with E-state index >= 15 is 0 Å². The maximum absolute atomic E-state index is 9.85. The molecule has 1 aliphatic rings. The first-order chi connectivity index (χ1) is 6.72. The second kappa shape index (κ2) is 6.41. The highest BCUT2D eigenvalue weighted by Crippen LogP contribution is 2.22. The van der Waals surface area contributed by atoms with E-state index < -0.39 is 0 Å². The van der Waals surface area contributed by atoms with Gasteiger partial charge in [-0.3, -0.25) is 0 Å². The topological polar surface area (TPSA) is 29.5 Å². The van der Waals surface area contributed by atoms with Crippen LogP contribution >= 0.6 is 0 Å². The van der Waals surface area contributed by atoms with E-state index in [1.807, 2.05) is 0 Å². The van der Waals surface area contributed by atoms with Gasteiger partial charge in [0.05, 0.1) is 6.10 Å². The summed E-state index contributed by atoms with van der Waals surface area (Å²) >= 11 is 0. The van der Waals surface area contributed by atoms with Gasteiger partial charge >= 0.3 is 0 Å². The van der Waals surface area contributed by atoms with Crippen molar-refractivity contribution in [3.05, 3.63) is 0 Å². The summed E-state index contributed by atoms with van der Waals surface area (Å²) in [4.78, 5) is 0. The molecular weight excluding hydrogens is 176 g/mol. The Morgan fingerprint density at radius 2 is 2.29 bits per heavy atom. The molecule has 2 heteroatoms. The van der Waals surface area contributed by atoms with E-state index in [4.69, 9.17) is 4.74 Å². The molecule has 2 nitrogen and oxygen atoms in total. The molecule has 0 radical (unpaired) electrons. The molecule has 0 amide bonds. The SMILES string of the molecule is CCCC(C)CC(O)CC1CCOC1. The summed E-state index contributed by atoms with van der Waals surface area (Å²) in [5.41, 5.74) is 0. The average molecular weight is 200 g/mol. The summed E-state index contributed by atoms with van der Waals surface area (Å²) in [5.74, 6) is 1.27. The molecule has 0 saturated carbocycles. The summed E-state index contributed by atoms with van der Waals surface area (Å²) in [6.45, 7) is 6.19. The van der Waals surface area contributed by atoms with Gasteiger partial charge in [-0.05, 0) is 31.1 Å². The minimum absolute atomic E-state index is 0.108. The van der Waals surface area contributed by atoms with Crippen LogP contribution in [0.4, 0.5) is 0 Å². The number of hydrogen-bond acceptors (Lipinski definition) is 2. The minimum atomic E-state index is -0.108. The molecule has 0 aromatic heterocycles. The molecule has 0 bridgehead atoms. The monoisotopic (exact) mass is 200 g/mol. The Labute approximate surface area is 87.7 Å². The fourth-order valence-electron chi connectivity index (χ4n) is 2.33. The molecule has 3 unspecified atom stereocenters. The van der Waals surface area contributed by atoms with Crippen LogP contribution in [0.5, 0.6) is 0 Å². The summed E-state index contributed by atoms with van der Waals surface area (Å²) < 4.78 is 5.30. The first kappa shape index (κ1) is 12.0. The van der Waals surface area contributed by atoms with Gasteiger partial charge < -0.3 is 9.84 Å². The van der Waals surface area contributed by atoms with Crippen molar-refractivity contribution in [2.24, 2.45) is 11.8 Å². The van der Waals surface area contributed by atoms with Crippen LogP contribution in [-0.4, -0.2) is 24.4 Å². The third-order valence-electron chi connectivity index (χ3n) is 3.09. The van der Waals surface area contributed by atoms with Crippen molar-refractivity contribution in [3.63, 3.8) is 0 Å². The van der Waals surface area contributed by atoms with Gasteiger partial charge in [-0.2, -0.15) is 0 Å². The highest BCUT2D eigenvalue weighted by molar-refractivity contribution is 4.70. The van der Waals surface area contributed by atoms with Gasteiger partial charge in [0.25, 0.3) is 0 Å². The zero-order chi connectivity index (χ0) is 10.4. The maximum atomic E-state index is 9.85. The highest BCUT2D eigenvalue weighted by atomic mass is 16.5. The van der Waals surface area contributed by atoms with Crippen molar-refractivity contribution in [2.75, 3.05) is 13.2 Å². The van der Waals surface area contributed by atoms with E-state index in [0.29, 0.717) is 11.8 Å². The maximum Gasteiger partial charge on any atom is 0.0546 e. The van der Waals surface area contributed by atoms with Crippen LogP contribution in [0.15, 0.2) is 0 Å². The van der Waals surface area contributed by atoms with Gasteiger partial charge in [-0.1, -0.05) is 26.7 Å². The third kappa shape index (κ3) is 4.43. The summed E-state index contributed by atoms with van der Waals surface area (Å²) in [6.07, 6.45) is 5.39. The molecule has 0 aliphatic carbocycles. The molecule has 84 valence electrons. The number of hydrogen-bond donors (Lipinski definition) is 1. The third-order valence-corrected chi connectivity index (χ3v) is 3.09. The zero-order valence-corrected chi connectivity index (χ0v) is 9.54. The second-order valence-electron chi connectivity index (χ2n) is 4.75. The molecule has 0 aromatic carbocycles. The summed E-state index contributed by atoms with van der Waals surface area (Å²) in [7, 11) is 0. The Hall–Kier alpha value is -0.0800. The fourth-order valence-corrected chi connectivity index (χ4v) is 2.33. The molecule has 1 N–H and O–H groups in total. The lowest BCUT2D eigenvalue weighted by molar-refractivity contribution is 0.107. The van der Waals surface area contributed by atoms with Gasteiger partial charge in [-0.25, -0.2) is 0 Å². The van der Waals surface area contributed by atoms with E-state index in [0.717, 1.165) is 32.5 Å². The lowest BCUT2D eigenvalue weighted by Gasteiger charge is -2.18. The van der Waals surface area contributed by atoms with Crippen LogP contribution in [0, 0.1) is 11.8 Å².